The molecular weight excluding hydrogens is 383 g/mol. The predicted molar refractivity (Wildman–Crippen MR) is 92.3 cm³/mol. The molecule has 2 rings (SSSR count). The van der Waals surface area contributed by atoms with Gasteiger partial charge >= 0.3 is 12.2 Å². The van der Waals surface area contributed by atoms with Gasteiger partial charge in [0.05, 0.1) is 17.3 Å². The Morgan fingerprint density at radius 2 is 1.82 bits per heavy atom. The van der Waals surface area contributed by atoms with Gasteiger partial charge in [-0.2, -0.15) is 13.2 Å². The van der Waals surface area contributed by atoms with E-state index in [1.165, 1.54) is 12.1 Å². The second kappa shape index (κ2) is 8.76. The van der Waals surface area contributed by atoms with E-state index >= 15 is 0 Å². The maximum absolute atomic E-state index is 13.0. The molecule has 4 atom stereocenters. The molecule has 1 fully saturated rings. The van der Waals surface area contributed by atoms with Crippen LogP contribution in [-0.4, -0.2) is 69.6 Å². The number of nitrogens with one attached hydrogen (secondary N) is 2. The zero-order valence-electron chi connectivity index (χ0n) is 15.0. The van der Waals surface area contributed by atoms with Gasteiger partial charge in [0.15, 0.2) is 6.10 Å². The fourth-order valence-corrected chi connectivity index (χ4v) is 3.03. The van der Waals surface area contributed by atoms with Crippen LogP contribution >= 0.6 is 0 Å². The van der Waals surface area contributed by atoms with E-state index in [0.29, 0.717) is 6.42 Å². The second-order valence-corrected chi connectivity index (χ2v) is 6.40. The van der Waals surface area contributed by atoms with Crippen molar-refractivity contribution in [1.29, 1.82) is 0 Å². The van der Waals surface area contributed by atoms with E-state index in [4.69, 9.17) is 0 Å². The lowest BCUT2D eigenvalue weighted by Crippen LogP contribution is -2.66. The Morgan fingerprint density at radius 1 is 1.18 bits per heavy atom. The highest BCUT2D eigenvalue weighted by molar-refractivity contribution is 5.90. The summed E-state index contributed by atoms with van der Waals surface area (Å²) >= 11 is 0. The Bertz CT molecular complexity index is 716. The van der Waals surface area contributed by atoms with Crippen molar-refractivity contribution in [3.63, 3.8) is 0 Å². The Labute approximate surface area is 159 Å². The van der Waals surface area contributed by atoms with Crippen molar-refractivity contribution in [1.82, 2.24) is 10.2 Å². The zero-order valence-corrected chi connectivity index (χ0v) is 15.0. The number of para-hydroxylation sites is 1. The normalized spacial score (nSPS) is 25.5. The molecule has 8 nitrogen and oxygen atoms in total. The van der Waals surface area contributed by atoms with Gasteiger partial charge in [-0.1, -0.05) is 19.1 Å². The molecular formula is C17H22F3N3O5. The maximum Gasteiger partial charge on any atom is 0.418 e. The smallest absolute Gasteiger partial charge is 0.388 e. The zero-order chi connectivity index (χ0) is 21.1. The molecule has 1 aromatic carbocycles. The van der Waals surface area contributed by atoms with Gasteiger partial charge in [-0.05, 0) is 18.6 Å². The number of alkyl halides is 3. The summed E-state index contributed by atoms with van der Waals surface area (Å²) in [5, 5.41) is 34.0. The van der Waals surface area contributed by atoms with Crippen LogP contribution in [0.5, 0.6) is 0 Å². The molecule has 0 saturated carbocycles. The van der Waals surface area contributed by atoms with Gasteiger partial charge in [0.2, 0.25) is 0 Å². The molecule has 1 aliphatic rings. The minimum Gasteiger partial charge on any atom is -0.388 e. The predicted octanol–water partition coefficient (Wildman–Crippen LogP) is 0.530. The molecule has 0 spiro atoms. The van der Waals surface area contributed by atoms with Gasteiger partial charge in [0.25, 0.3) is 5.91 Å². The van der Waals surface area contributed by atoms with Gasteiger partial charge in [0.1, 0.15) is 12.2 Å². The topological polar surface area (TPSA) is 122 Å². The fourth-order valence-electron chi connectivity index (χ4n) is 3.03. The molecule has 1 aromatic rings. The van der Waals surface area contributed by atoms with Crippen molar-refractivity contribution in [3.05, 3.63) is 29.8 Å². The number of halogens is 3. The van der Waals surface area contributed by atoms with Crippen molar-refractivity contribution in [2.45, 2.75) is 43.9 Å². The number of anilines is 1. The molecule has 1 heterocycles. The number of piperidine rings is 1. The molecule has 0 radical (unpaired) electrons. The standard InChI is InChI=1S/C17H22F3N3O5/c1-2-7-23-11(12(24)13(25)14(26)15(23)27)8-21-16(28)22-10-6-4-3-5-9(10)17(18,19)20/h3-6,11-14,24-26H,2,7-8H2,1H3,(H2,21,22,28)/t11-,12-,13-,14-/m1/s1. The van der Waals surface area contributed by atoms with E-state index < -0.39 is 53.7 Å². The van der Waals surface area contributed by atoms with Gasteiger partial charge in [-0.25, -0.2) is 4.79 Å². The summed E-state index contributed by atoms with van der Waals surface area (Å²) in [6, 6.07) is 2.40. The third-order valence-electron chi connectivity index (χ3n) is 4.42. The average molecular weight is 405 g/mol. The number of aliphatic hydroxyl groups excluding tert-OH is 3. The van der Waals surface area contributed by atoms with E-state index in [0.717, 1.165) is 17.0 Å². The molecule has 0 aromatic heterocycles. The number of nitrogens with zero attached hydrogens (tertiary/aromatic N) is 1. The lowest BCUT2D eigenvalue weighted by atomic mass is 9.93. The first-order valence-corrected chi connectivity index (χ1v) is 8.63. The summed E-state index contributed by atoms with van der Waals surface area (Å²) in [5.74, 6) is -0.797. The van der Waals surface area contributed by atoms with Crippen LogP contribution in [-0.2, 0) is 11.0 Å². The van der Waals surface area contributed by atoms with Crippen molar-refractivity contribution in [2.75, 3.05) is 18.4 Å². The van der Waals surface area contributed by atoms with Gasteiger partial charge in [-0.3, -0.25) is 4.79 Å². The summed E-state index contributed by atoms with van der Waals surface area (Å²) in [5.41, 5.74) is -1.47. The third-order valence-corrected chi connectivity index (χ3v) is 4.42. The van der Waals surface area contributed by atoms with Gasteiger partial charge in [-0.15, -0.1) is 0 Å². The van der Waals surface area contributed by atoms with Crippen LogP contribution in [0.1, 0.15) is 18.9 Å². The van der Waals surface area contributed by atoms with Crippen LogP contribution in [0.15, 0.2) is 24.3 Å². The van der Waals surface area contributed by atoms with Crippen LogP contribution in [0, 0.1) is 0 Å². The summed E-state index contributed by atoms with van der Waals surface area (Å²) in [7, 11) is 0. The quantitative estimate of drug-likeness (QED) is 0.489. The molecule has 0 aliphatic carbocycles. The Kier molecular flexibility index (Phi) is 6.86. The molecule has 28 heavy (non-hydrogen) atoms. The lowest BCUT2D eigenvalue weighted by Gasteiger charge is -2.43. The number of rotatable bonds is 5. The molecule has 0 unspecified atom stereocenters. The fraction of sp³-hybridized carbons (Fsp3) is 0.529. The van der Waals surface area contributed by atoms with E-state index in [1.54, 1.807) is 6.92 Å². The van der Waals surface area contributed by atoms with Crippen LogP contribution in [0.25, 0.3) is 0 Å². The first kappa shape index (κ1) is 21.9. The Morgan fingerprint density at radius 3 is 2.43 bits per heavy atom. The highest BCUT2D eigenvalue weighted by Crippen LogP contribution is 2.34. The number of hydrogen-bond donors (Lipinski definition) is 5. The minimum absolute atomic E-state index is 0.157. The highest BCUT2D eigenvalue weighted by atomic mass is 19.4. The SMILES string of the molecule is CCCN1C(=O)[C@H](O)[C@H](O)[C@H](O)[C@H]1CNC(=O)Nc1ccccc1C(F)(F)F. The number of urea groups is 1. The van der Waals surface area contributed by atoms with E-state index in [9.17, 15) is 38.1 Å². The number of aliphatic hydroxyl groups is 3. The summed E-state index contributed by atoms with van der Waals surface area (Å²) < 4.78 is 39.0. The number of likely N-dealkylation sites (tertiary alicyclic amines) is 1. The van der Waals surface area contributed by atoms with Gasteiger partial charge < -0.3 is 30.9 Å². The number of hydrogen-bond acceptors (Lipinski definition) is 5. The van der Waals surface area contributed by atoms with Crippen LogP contribution < -0.4 is 10.6 Å². The largest absolute Gasteiger partial charge is 0.418 e. The second-order valence-electron chi connectivity index (χ2n) is 6.40. The Balaban J connectivity index is 2.08. The highest BCUT2D eigenvalue weighted by Gasteiger charge is 2.46. The van der Waals surface area contributed by atoms with E-state index in [2.05, 4.69) is 10.6 Å². The number of carbonyl (C=O) groups is 2. The molecule has 11 heteroatoms. The lowest BCUT2D eigenvalue weighted by molar-refractivity contribution is -0.175. The molecule has 5 N–H and O–H groups in total. The van der Waals surface area contributed by atoms with Crippen LogP contribution in [0.2, 0.25) is 0 Å². The molecule has 1 aliphatic heterocycles. The molecule has 0 bridgehead atoms. The molecule has 156 valence electrons. The third kappa shape index (κ3) is 4.72. The number of benzene rings is 1. The summed E-state index contributed by atoms with van der Waals surface area (Å²) in [6.07, 6.45) is -9.23. The first-order chi connectivity index (χ1) is 13.1. The van der Waals surface area contributed by atoms with E-state index in [-0.39, 0.29) is 13.1 Å². The van der Waals surface area contributed by atoms with Crippen molar-refractivity contribution in [2.24, 2.45) is 0 Å². The molecule has 1 saturated heterocycles. The van der Waals surface area contributed by atoms with E-state index in [1.807, 2.05) is 0 Å². The number of carbonyl (C=O) groups excluding carboxylic acids is 2. The minimum atomic E-state index is -4.66. The number of amides is 3. The van der Waals surface area contributed by atoms with Crippen molar-refractivity contribution in [3.8, 4) is 0 Å². The van der Waals surface area contributed by atoms with Crippen molar-refractivity contribution >= 4 is 17.6 Å². The Hall–Kier alpha value is -2.37. The first-order valence-electron chi connectivity index (χ1n) is 8.63. The average Bonchev–Trinajstić information content (AvgIpc) is 2.63. The monoisotopic (exact) mass is 405 g/mol. The maximum atomic E-state index is 13.0. The molecule has 3 amide bonds. The van der Waals surface area contributed by atoms with Gasteiger partial charge in [0, 0.05) is 13.1 Å². The summed E-state index contributed by atoms with van der Waals surface area (Å²) in [4.78, 5) is 25.3. The van der Waals surface area contributed by atoms with Crippen LogP contribution in [0.3, 0.4) is 0 Å². The van der Waals surface area contributed by atoms with Crippen LogP contribution in [0.4, 0.5) is 23.7 Å². The summed E-state index contributed by atoms with van der Waals surface area (Å²) in [6.45, 7) is 1.57. The van der Waals surface area contributed by atoms with Crippen molar-refractivity contribution < 1.29 is 38.1 Å².